The van der Waals surface area contributed by atoms with Crippen molar-refractivity contribution < 1.29 is 23.2 Å². The fourth-order valence-electron chi connectivity index (χ4n) is 5.17. The second-order valence-corrected chi connectivity index (χ2v) is 9.60. The molecule has 1 saturated carbocycles. The zero-order chi connectivity index (χ0) is 25.0. The summed E-state index contributed by atoms with van der Waals surface area (Å²) in [5, 5.41) is 13.2. The maximum atomic E-state index is 15.1. The third kappa shape index (κ3) is 4.51. The maximum Gasteiger partial charge on any atom is 0.306 e. The third-order valence-electron chi connectivity index (χ3n) is 7.32. The van der Waals surface area contributed by atoms with E-state index in [0.29, 0.717) is 35.4 Å². The summed E-state index contributed by atoms with van der Waals surface area (Å²) in [5.74, 6) is -1.53. The Kier molecular flexibility index (Phi) is 6.56. The Labute approximate surface area is 218 Å². The van der Waals surface area contributed by atoms with Crippen molar-refractivity contribution in [3.63, 3.8) is 0 Å². The fourth-order valence-corrected chi connectivity index (χ4v) is 5.17. The van der Waals surface area contributed by atoms with Gasteiger partial charge in [-0.2, -0.15) is 4.98 Å². The summed E-state index contributed by atoms with van der Waals surface area (Å²) in [6.45, 7) is 3.33. The molecule has 1 aliphatic heterocycles. The maximum absolute atomic E-state index is 15.1. The van der Waals surface area contributed by atoms with Gasteiger partial charge in [0.1, 0.15) is 11.6 Å². The summed E-state index contributed by atoms with van der Waals surface area (Å²) in [6, 6.07) is 15.4. The molecule has 0 atom stereocenters. The molecule has 0 unspecified atom stereocenters. The molecular formula is C28H24ClF2N3O3. The van der Waals surface area contributed by atoms with E-state index in [-0.39, 0.29) is 35.8 Å². The van der Waals surface area contributed by atoms with Crippen molar-refractivity contribution >= 4 is 18.4 Å². The highest BCUT2D eigenvalue weighted by Crippen LogP contribution is 2.38. The summed E-state index contributed by atoms with van der Waals surface area (Å²) in [4.78, 5) is 17.9. The van der Waals surface area contributed by atoms with Gasteiger partial charge in [0, 0.05) is 30.3 Å². The zero-order valence-corrected chi connectivity index (χ0v) is 20.8. The lowest BCUT2D eigenvalue weighted by molar-refractivity contribution is -0.147. The average Bonchev–Trinajstić information content (AvgIpc) is 3.46. The van der Waals surface area contributed by atoms with Crippen LogP contribution >= 0.6 is 12.4 Å². The molecule has 37 heavy (non-hydrogen) atoms. The molecule has 0 bridgehead atoms. The summed E-state index contributed by atoms with van der Waals surface area (Å²) in [7, 11) is 0. The van der Waals surface area contributed by atoms with Gasteiger partial charge < -0.3 is 9.63 Å². The lowest BCUT2D eigenvalue weighted by atomic mass is 9.79. The molecule has 190 valence electrons. The van der Waals surface area contributed by atoms with E-state index in [1.54, 1.807) is 31.2 Å². The highest BCUT2D eigenvalue weighted by molar-refractivity contribution is 5.85. The van der Waals surface area contributed by atoms with Crippen LogP contribution in [0.2, 0.25) is 0 Å². The van der Waals surface area contributed by atoms with Gasteiger partial charge in [0.25, 0.3) is 5.89 Å². The monoisotopic (exact) mass is 523 g/mol. The summed E-state index contributed by atoms with van der Waals surface area (Å²) < 4.78 is 34.7. The minimum atomic E-state index is -0.716. The molecule has 1 N–H and O–H groups in total. The number of halogens is 3. The topological polar surface area (TPSA) is 79.5 Å². The number of aromatic nitrogens is 2. The Hall–Kier alpha value is -3.62. The van der Waals surface area contributed by atoms with Gasteiger partial charge >= 0.3 is 5.97 Å². The standard InChI is InChI=1S/C28H23F2N3O3.ClH/c1-15-8-23(25(30)12-22(15)21-4-2-3-5-24(21)29)27-31-26(32-36-27)16-6-7-17-13-33(14-19(17)9-16)20-10-18(11-20)28(34)35;/h2-9,12,18,20H,10-11,13-14H2,1H3,(H,34,35);1H. The highest BCUT2D eigenvalue weighted by atomic mass is 35.5. The number of fused-ring (bicyclic) bond motifs is 1. The predicted molar refractivity (Wildman–Crippen MR) is 136 cm³/mol. The molecule has 0 spiro atoms. The SMILES string of the molecule is Cc1cc(-c2nc(-c3ccc4c(c3)CN(C3CC(C(=O)O)C3)C4)no2)c(F)cc1-c1ccccc1F.Cl. The molecule has 1 fully saturated rings. The van der Waals surface area contributed by atoms with Gasteiger partial charge in [0.15, 0.2) is 0 Å². The van der Waals surface area contributed by atoms with Crippen LogP contribution in [-0.4, -0.2) is 32.2 Å². The van der Waals surface area contributed by atoms with Crippen LogP contribution in [0.5, 0.6) is 0 Å². The van der Waals surface area contributed by atoms with Gasteiger partial charge in [-0.1, -0.05) is 35.5 Å². The lowest BCUT2D eigenvalue weighted by Crippen LogP contribution is -2.44. The molecule has 1 aromatic heterocycles. The summed E-state index contributed by atoms with van der Waals surface area (Å²) in [6.07, 6.45) is 1.37. The van der Waals surface area contributed by atoms with E-state index in [0.717, 1.165) is 24.2 Å². The number of aryl methyl sites for hydroxylation is 1. The Morgan fingerprint density at radius 1 is 0.973 bits per heavy atom. The number of nitrogens with zero attached hydrogens (tertiary/aromatic N) is 3. The minimum absolute atomic E-state index is 0. The van der Waals surface area contributed by atoms with Crippen molar-refractivity contribution in [1.82, 2.24) is 15.0 Å². The van der Waals surface area contributed by atoms with E-state index in [9.17, 15) is 9.18 Å². The van der Waals surface area contributed by atoms with E-state index in [4.69, 9.17) is 9.63 Å². The van der Waals surface area contributed by atoms with Crippen LogP contribution in [0.3, 0.4) is 0 Å². The van der Waals surface area contributed by atoms with Crippen LogP contribution in [0.25, 0.3) is 34.0 Å². The lowest BCUT2D eigenvalue weighted by Gasteiger charge is -2.39. The first-order valence-electron chi connectivity index (χ1n) is 11.9. The molecule has 6 nitrogen and oxygen atoms in total. The fraction of sp³-hybridized carbons (Fsp3) is 0.250. The largest absolute Gasteiger partial charge is 0.481 e. The quantitative estimate of drug-likeness (QED) is 0.333. The van der Waals surface area contributed by atoms with Crippen LogP contribution < -0.4 is 0 Å². The van der Waals surface area contributed by atoms with Gasteiger partial charge in [0.05, 0.1) is 11.5 Å². The van der Waals surface area contributed by atoms with Gasteiger partial charge in [0.2, 0.25) is 5.82 Å². The first kappa shape index (κ1) is 25.0. The average molecular weight is 524 g/mol. The van der Waals surface area contributed by atoms with E-state index in [2.05, 4.69) is 15.0 Å². The Morgan fingerprint density at radius 3 is 2.49 bits per heavy atom. The molecule has 1 aliphatic carbocycles. The molecule has 4 aromatic rings. The van der Waals surface area contributed by atoms with E-state index >= 15 is 4.39 Å². The minimum Gasteiger partial charge on any atom is -0.481 e. The van der Waals surface area contributed by atoms with Gasteiger partial charge in [-0.25, -0.2) is 8.78 Å². The van der Waals surface area contributed by atoms with Crippen molar-refractivity contribution in [3.05, 3.63) is 82.9 Å². The zero-order valence-electron chi connectivity index (χ0n) is 19.9. The number of benzene rings is 3. The second-order valence-electron chi connectivity index (χ2n) is 9.60. The van der Waals surface area contributed by atoms with Crippen LogP contribution in [0, 0.1) is 24.5 Å². The molecule has 3 aromatic carbocycles. The van der Waals surface area contributed by atoms with Crippen LogP contribution in [0.1, 0.15) is 29.5 Å². The first-order valence-corrected chi connectivity index (χ1v) is 11.9. The van der Waals surface area contributed by atoms with Crippen LogP contribution in [-0.2, 0) is 17.9 Å². The van der Waals surface area contributed by atoms with Crippen molar-refractivity contribution in [2.45, 2.75) is 38.9 Å². The van der Waals surface area contributed by atoms with Crippen molar-refractivity contribution in [2.75, 3.05) is 0 Å². The van der Waals surface area contributed by atoms with Crippen LogP contribution in [0.15, 0.2) is 59.1 Å². The van der Waals surface area contributed by atoms with Gasteiger partial charge in [-0.05, 0) is 66.3 Å². The van der Waals surface area contributed by atoms with Crippen molar-refractivity contribution in [2.24, 2.45) is 5.92 Å². The molecule has 9 heteroatoms. The Morgan fingerprint density at radius 2 is 1.73 bits per heavy atom. The third-order valence-corrected chi connectivity index (χ3v) is 7.32. The Bertz CT molecular complexity index is 1500. The highest BCUT2D eigenvalue weighted by Gasteiger charge is 2.39. The Balaban J connectivity index is 0.00000280. The number of rotatable bonds is 5. The van der Waals surface area contributed by atoms with Gasteiger partial charge in [-0.3, -0.25) is 9.69 Å². The van der Waals surface area contributed by atoms with E-state index in [1.807, 2.05) is 18.2 Å². The number of carboxylic acid groups (broad SMARTS) is 1. The van der Waals surface area contributed by atoms with E-state index < -0.39 is 17.6 Å². The number of hydrogen-bond donors (Lipinski definition) is 1. The number of hydrogen-bond acceptors (Lipinski definition) is 5. The number of aliphatic carboxylic acids is 1. The number of carbonyl (C=O) groups is 1. The normalized spacial score (nSPS) is 18.7. The molecule has 0 radical (unpaired) electrons. The molecule has 0 saturated heterocycles. The smallest absolute Gasteiger partial charge is 0.306 e. The second kappa shape index (κ2) is 9.68. The molecule has 2 heterocycles. The molecule has 2 aliphatic rings. The summed E-state index contributed by atoms with van der Waals surface area (Å²) in [5.41, 5.74) is 4.77. The van der Waals surface area contributed by atoms with Crippen LogP contribution in [0.4, 0.5) is 8.78 Å². The molecule has 0 amide bonds. The van der Waals surface area contributed by atoms with Crippen molar-refractivity contribution in [1.29, 1.82) is 0 Å². The number of carboxylic acids is 1. The molecule has 6 rings (SSSR count). The van der Waals surface area contributed by atoms with Crippen molar-refractivity contribution in [3.8, 4) is 34.0 Å². The van der Waals surface area contributed by atoms with E-state index in [1.165, 1.54) is 17.7 Å². The molecular weight excluding hydrogens is 500 g/mol. The van der Waals surface area contributed by atoms with Gasteiger partial charge in [-0.15, -0.1) is 12.4 Å². The predicted octanol–water partition coefficient (Wildman–Crippen LogP) is 6.26. The summed E-state index contributed by atoms with van der Waals surface area (Å²) >= 11 is 0. The first-order chi connectivity index (χ1) is 17.4.